The fourth-order valence-corrected chi connectivity index (χ4v) is 1.97. The van der Waals surface area contributed by atoms with Crippen LogP contribution in [0.5, 0.6) is 11.6 Å². The van der Waals surface area contributed by atoms with Gasteiger partial charge < -0.3 is 14.8 Å². The van der Waals surface area contributed by atoms with Crippen molar-refractivity contribution in [3.8, 4) is 23.0 Å². The lowest BCUT2D eigenvalue weighted by Crippen LogP contribution is -1.86. The van der Waals surface area contributed by atoms with Crippen molar-refractivity contribution in [1.29, 1.82) is 0 Å². The lowest BCUT2D eigenvalue weighted by atomic mass is 10.1. The zero-order valence-corrected chi connectivity index (χ0v) is 10.6. The van der Waals surface area contributed by atoms with Crippen LogP contribution in [0.1, 0.15) is 5.56 Å². The number of phenols is 1. The number of para-hydroxylation sites is 1. The van der Waals surface area contributed by atoms with Crippen LogP contribution in [0.15, 0.2) is 30.3 Å². The highest BCUT2D eigenvalue weighted by molar-refractivity contribution is 5.78. The van der Waals surface area contributed by atoms with Crippen LogP contribution in [0.3, 0.4) is 0 Å². The third kappa shape index (κ3) is 1.89. The molecule has 0 atom stereocenters. The number of aromatic nitrogens is 3. The topological polar surface area (TPSA) is 71.0 Å². The number of imidazole rings is 1. The molecule has 0 radical (unpaired) electrons. The van der Waals surface area contributed by atoms with E-state index in [1.54, 1.807) is 13.2 Å². The Morgan fingerprint density at radius 1 is 1.16 bits per heavy atom. The second-order valence-electron chi connectivity index (χ2n) is 4.28. The summed E-state index contributed by atoms with van der Waals surface area (Å²) in [6.45, 7) is 1.85. The van der Waals surface area contributed by atoms with E-state index in [1.807, 2.05) is 31.2 Å². The number of ether oxygens (including phenoxy) is 1. The molecule has 1 aromatic carbocycles. The van der Waals surface area contributed by atoms with Crippen LogP contribution < -0.4 is 4.74 Å². The van der Waals surface area contributed by atoms with Crippen LogP contribution in [-0.2, 0) is 0 Å². The van der Waals surface area contributed by atoms with Gasteiger partial charge in [0.25, 0.3) is 0 Å². The highest BCUT2D eigenvalue weighted by Gasteiger charge is 2.11. The number of nitrogens with one attached hydrogen (secondary N) is 1. The fraction of sp³-hybridized carbons (Fsp3) is 0.143. The summed E-state index contributed by atoms with van der Waals surface area (Å²) in [4.78, 5) is 11.8. The number of aryl methyl sites for hydroxylation is 1. The predicted octanol–water partition coefficient (Wildman–Crippen LogP) is 2.65. The number of pyridine rings is 1. The summed E-state index contributed by atoms with van der Waals surface area (Å²) >= 11 is 0. The van der Waals surface area contributed by atoms with Crippen molar-refractivity contribution in [1.82, 2.24) is 15.0 Å². The molecular formula is C14H13N3O2. The smallest absolute Gasteiger partial charge is 0.215 e. The van der Waals surface area contributed by atoms with Crippen molar-refractivity contribution in [3.05, 3.63) is 35.9 Å². The van der Waals surface area contributed by atoms with E-state index < -0.39 is 0 Å². The van der Waals surface area contributed by atoms with Crippen molar-refractivity contribution >= 4 is 11.2 Å². The van der Waals surface area contributed by atoms with E-state index in [0.29, 0.717) is 22.9 Å². The minimum absolute atomic E-state index is 0.230. The van der Waals surface area contributed by atoms with Gasteiger partial charge in [0, 0.05) is 6.07 Å². The molecule has 2 heterocycles. The minimum atomic E-state index is 0.230. The average molecular weight is 255 g/mol. The molecule has 0 unspecified atom stereocenters. The predicted molar refractivity (Wildman–Crippen MR) is 72.3 cm³/mol. The molecule has 0 fully saturated rings. The van der Waals surface area contributed by atoms with Crippen LogP contribution in [0.25, 0.3) is 22.6 Å². The standard InChI is InChI=1S/C14H13N3O2/c1-8-4-3-5-9(12(8)18)13-15-10-6-7-11(19-2)16-14(10)17-13/h3-7,18H,1-2H3,(H,15,16,17). The summed E-state index contributed by atoms with van der Waals surface area (Å²) in [7, 11) is 1.56. The van der Waals surface area contributed by atoms with Gasteiger partial charge in [0.2, 0.25) is 5.88 Å². The number of methoxy groups -OCH3 is 1. The Balaban J connectivity index is 2.18. The summed E-state index contributed by atoms with van der Waals surface area (Å²) < 4.78 is 5.07. The molecule has 5 nitrogen and oxygen atoms in total. The number of H-pyrrole nitrogens is 1. The first kappa shape index (κ1) is 11.5. The van der Waals surface area contributed by atoms with Gasteiger partial charge in [-0.05, 0) is 24.6 Å². The van der Waals surface area contributed by atoms with Gasteiger partial charge in [-0.15, -0.1) is 0 Å². The quantitative estimate of drug-likeness (QED) is 0.738. The van der Waals surface area contributed by atoms with E-state index in [4.69, 9.17) is 4.74 Å². The van der Waals surface area contributed by atoms with Gasteiger partial charge in [0.1, 0.15) is 11.6 Å². The summed E-state index contributed by atoms with van der Waals surface area (Å²) in [5.74, 6) is 1.34. The van der Waals surface area contributed by atoms with Crippen molar-refractivity contribution in [2.45, 2.75) is 6.92 Å². The zero-order chi connectivity index (χ0) is 13.4. The molecule has 0 bridgehead atoms. The molecule has 0 saturated heterocycles. The first-order valence-corrected chi connectivity index (χ1v) is 5.89. The van der Waals surface area contributed by atoms with Crippen LogP contribution in [-0.4, -0.2) is 27.2 Å². The van der Waals surface area contributed by atoms with Gasteiger partial charge in [0.05, 0.1) is 18.2 Å². The molecule has 0 aliphatic heterocycles. The highest BCUT2D eigenvalue weighted by Crippen LogP contribution is 2.30. The molecule has 2 N–H and O–H groups in total. The second kappa shape index (κ2) is 4.28. The third-order valence-corrected chi connectivity index (χ3v) is 3.02. The third-order valence-electron chi connectivity index (χ3n) is 3.02. The van der Waals surface area contributed by atoms with Gasteiger partial charge >= 0.3 is 0 Å². The first-order valence-electron chi connectivity index (χ1n) is 5.89. The summed E-state index contributed by atoms with van der Waals surface area (Å²) in [6.07, 6.45) is 0. The van der Waals surface area contributed by atoms with Gasteiger partial charge in [-0.3, -0.25) is 0 Å². The Labute approximate surface area is 109 Å². The number of benzene rings is 1. The molecule has 0 aliphatic rings. The molecule has 0 aliphatic carbocycles. The van der Waals surface area contributed by atoms with Crippen molar-refractivity contribution < 1.29 is 9.84 Å². The maximum absolute atomic E-state index is 10.1. The maximum Gasteiger partial charge on any atom is 0.215 e. The molecule has 5 heteroatoms. The second-order valence-corrected chi connectivity index (χ2v) is 4.28. The zero-order valence-electron chi connectivity index (χ0n) is 10.6. The van der Waals surface area contributed by atoms with E-state index in [-0.39, 0.29) is 5.75 Å². The number of aromatic amines is 1. The Morgan fingerprint density at radius 3 is 2.79 bits per heavy atom. The molecular weight excluding hydrogens is 242 g/mol. The van der Waals surface area contributed by atoms with Gasteiger partial charge in [-0.25, -0.2) is 4.98 Å². The van der Waals surface area contributed by atoms with Crippen LogP contribution in [0, 0.1) is 6.92 Å². The molecule has 2 aromatic heterocycles. The number of fused-ring (bicyclic) bond motifs is 1. The Kier molecular flexibility index (Phi) is 2.59. The minimum Gasteiger partial charge on any atom is -0.507 e. The van der Waals surface area contributed by atoms with Crippen molar-refractivity contribution in [2.24, 2.45) is 0 Å². The van der Waals surface area contributed by atoms with Crippen LogP contribution >= 0.6 is 0 Å². The molecule has 0 spiro atoms. The lowest BCUT2D eigenvalue weighted by molar-refractivity contribution is 0.399. The summed E-state index contributed by atoms with van der Waals surface area (Å²) in [5.41, 5.74) is 2.84. The number of phenolic OH excluding ortho intramolecular Hbond substituents is 1. The number of hydrogen-bond donors (Lipinski definition) is 2. The summed E-state index contributed by atoms with van der Waals surface area (Å²) in [6, 6.07) is 9.16. The Bertz CT molecular complexity index is 750. The Hall–Kier alpha value is -2.56. The van der Waals surface area contributed by atoms with Crippen molar-refractivity contribution in [2.75, 3.05) is 7.11 Å². The SMILES string of the molecule is COc1ccc2[nH]c(-c3cccc(C)c3O)nc2n1. The summed E-state index contributed by atoms with van der Waals surface area (Å²) in [5, 5.41) is 10.1. The van der Waals surface area contributed by atoms with Gasteiger partial charge in [-0.2, -0.15) is 4.98 Å². The molecule has 96 valence electrons. The largest absolute Gasteiger partial charge is 0.507 e. The lowest BCUT2D eigenvalue weighted by Gasteiger charge is -2.03. The van der Waals surface area contributed by atoms with Crippen LogP contribution in [0.2, 0.25) is 0 Å². The van der Waals surface area contributed by atoms with E-state index in [2.05, 4.69) is 15.0 Å². The highest BCUT2D eigenvalue weighted by atomic mass is 16.5. The maximum atomic E-state index is 10.1. The van der Waals surface area contributed by atoms with E-state index >= 15 is 0 Å². The van der Waals surface area contributed by atoms with E-state index in [1.165, 1.54) is 0 Å². The Morgan fingerprint density at radius 2 is 2.00 bits per heavy atom. The molecule has 0 amide bonds. The number of aromatic hydroxyl groups is 1. The average Bonchev–Trinajstić information content (AvgIpc) is 2.84. The van der Waals surface area contributed by atoms with E-state index in [0.717, 1.165) is 11.1 Å². The van der Waals surface area contributed by atoms with E-state index in [9.17, 15) is 5.11 Å². The molecule has 0 saturated carbocycles. The monoisotopic (exact) mass is 255 g/mol. The van der Waals surface area contributed by atoms with Crippen molar-refractivity contribution in [3.63, 3.8) is 0 Å². The molecule has 19 heavy (non-hydrogen) atoms. The van der Waals surface area contributed by atoms with Gasteiger partial charge in [-0.1, -0.05) is 12.1 Å². The number of rotatable bonds is 2. The molecule has 3 rings (SSSR count). The fourth-order valence-electron chi connectivity index (χ4n) is 1.97. The number of nitrogens with zero attached hydrogens (tertiary/aromatic N) is 2. The number of hydrogen-bond acceptors (Lipinski definition) is 4. The van der Waals surface area contributed by atoms with Crippen LogP contribution in [0.4, 0.5) is 0 Å². The molecule has 3 aromatic rings. The van der Waals surface area contributed by atoms with Gasteiger partial charge in [0.15, 0.2) is 5.65 Å². The normalized spacial score (nSPS) is 10.8. The first-order chi connectivity index (χ1) is 9.19.